The zero-order valence-electron chi connectivity index (χ0n) is 20.7. The Morgan fingerprint density at radius 1 is 0.949 bits per heavy atom. The van der Waals surface area contributed by atoms with Crippen LogP contribution in [-0.2, 0) is 14.4 Å². The number of piperazine rings is 1. The van der Waals surface area contributed by atoms with Crippen LogP contribution in [0.5, 0.6) is 0 Å². The van der Waals surface area contributed by atoms with Gasteiger partial charge in [-0.25, -0.2) is 9.59 Å². The molecule has 3 fully saturated rings. The van der Waals surface area contributed by atoms with Crippen LogP contribution in [0, 0.1) is 5.92 Å². The fourth-order valence-corrected chi connectivity index (χ4v) is 5.03. The van der Waals surface area contributed by atoms with Crippen LogP contribution in [-0.4, -0.2) is 94.7 Å². The van der Waals surface area contributed by atoms with Crippen LogP contribution in [0.15, 0.2) is 18.2 Å². The summed E-state index contributed by atoms with van der Waals surface area (Å²) < 4.78 is 31.7. The number of carbonyl (C=O) groups excluding carboxylic acids is 3. The van der Waals surface area contributed by atoms with E-state index < -0.39 is 24.1 Å². The third kappa shape index (κ3) is 7.82. The van der Waals surface area contributed by atoms with Gasteiger partial charge in [-0.15, -0.1) is 0 Å². The number of rotatable bonds is 4. The largest absolute Gasteiger partial charge is 0.490 e. The van der Waals surface area contributed by atoms with Crippen molar-refractivity contribution >= 4 is 47.1 Å². The first-order valence-electron chi connectivity index (χ1n) is 12.2. The third-order valence-electron chi connectivity index (χ3n) is 6.94. The van der Waals surface area contributed by atoms with Crippen molar-refractivity contribution in [2.45, 2.75) is 44.3 Å². The SMILES string of the molecule is O=C(O)C(F)(F)F.O=C1CCN(c2cc(C(=O)N3CCN(C4CCC(C(=O)O)CC4)CC3)ccc2Cl)C(=O)N1. The van der Waals surface area contributed by atoms with Crippen molar-refractivity contribution in [2.24, 2.45) is 5.92 Å². The summed E-state index contributed by atoms with van der Waals surface area (Å²) in [7, 11) is 0. The molecule has 0 atom stereocenters. The maximum atomic E-state index is 13.1. The Morgan fingerprint density at radius 3 is 2.05 bits per heavy atom. The molecule has 4 rings (SSSR count). The molecule has 2 saturated heterocycles. The van der Waals surface area contributed by atoms with Gasteiger partial charge < -0.3 is 15.1 Å². The second kappa shape index (κ2) is 12.6. The van der Waals surface area contributed by atoms with Gasteiger partial charge in [0.1, 0.15) is 0 Å². The number of nitrogens with one attached hydrogen (secondary N) is 1. The van der Waals surface area contributed by atoms with Gasteiger partial charge >= 0.3 is 24.1 Å². The highest BCUT2D eigenvalue weighted by atomic mass is 35.5. The quantitative estimate of drug-likeness (QED) is 0.496. The fourth-order valence-electron chi connectivity index (χ4n) is 4.81. The maximum absolute atomic E-state index is 13.1. The van der Waals surface area contributed by atoms with Gasteiger partial charge in [0.15, 0.2) is 0 Å². The van der Waals surface area contributed by atoms with Crippen LogP contribution in [0.25, 0.3) is 0 Å². The Morgan fingerprint density at radius 2 is 1.54 bits per heavy atom. The number of imide groups is 1. The minimum atomic E-state index is -5.08. The average molecular weight is 577 g/mol. The molecule has 1 saturated carbocycles. The zero-order valence-corrected chi connectivity index (χ0v) is 21.5. The highest BCUT2D eigenvalue weighted by Gasteiger charge is 2.38. The number of alkyl halides is 3. The van der Waals surface area contributed by atoms with E-state index in [1.54, 1.807) is 23.1 Å². The van der Waals surface area contributed by atoms with Crippen LogP contribution < -0.4 is 10.2 Å². The Kier molecular flexibility index (Phi) is 9.78. The zero-order chi connectivity index (χ0) is 28.9. The maximum Gasteiger partial charge on any atom is 0.490 e. The summed E-state index contributed by atoms with van der Waals surface area (Å²) in [6, 6.07) is 4.70. The molecule has 0 unspecified atom stereocenters. The van der Waals surface area contributed by atoms with Crippen LogP contribution in [0.3, 0.4) is 0 Å². The molecule has 2 heterocycles. The summed E-state index contributed by atoms with van der Waals surface area (Å²) >= 11 is 6.28. The number of carboxylic acids is 2. The van der Waals surface area contributed by atoms with Crippen molar-refractivity contribution in [3.8, 4) is 0 Å². The molecule has 0 radical (unpaired) electrons. The number of benzene rings is 1. The highest BCUT2D eigenvalue weighted by molar-refractivity contribution is 6.34. The van der Waals surface area contributed by atoms with E-state index >= 15 is 0 Å². The van der Waals surface area contributed by atoms with Crippen molar-refractivity contribution in [1.82, 2.24) is 15.1 Å². The van der Waals surface area contributed by atoms with E-state index in [0.717, 1.165) is 25.9 Å². The Labute approximate surface area is 226 Å². The third-order valence-corrected chi connectivity index (χ3v) is 7.26. The van der Waals surface area contributed by atoms with Crippen LogP contribution >= 0.6 is 11.6 Å². The number of carbonyl (C=O) groups is 5. The summed E-state index contributed by atoms with van der Waals surface area (Å²) in [6.07, 6.45) is -1.72. The number of halogens is 4. The molecule has 0 aromatic heterocycles. The van der Waals surface area contributed by atoms with Crippen LogP contribution in [0.2, 0.25) is 5.02 Å². The molecule has 4 amide bonds. The number of hydrogen-bond donors (Lipinski definition) is 3. The van der Waals surface area contributed by atoms with Gasteiger partial charge in [0.05, 0.1) is 16.6 Å². The molecule has 0 bridgehead atoms. The first-order chi connectivity index (χ1) is 18.3. The second-order valence-corrected chi connectivity index (χ2v) is 9.80. The fraction of sp³-hybridized carbons (Fsp3) is 0.542. The van der Waals surface area contributed by atoms with E-state index in [4.69, 9.17) is 21.5 Å². The number of anilines is 1. The van der Waals surface area contributed by atoms with Crippen LogP contribution in [0.4, 0.5) is 23.7 Å². The van der Waals surface area contributed by atoms with Gasteiger partial charge in [-0.05, 0) is 43.9 Å². The minimum absolute atomic E-state index is 0.120. The molecule has 3 N–H and O–H groups in total. The Hall–Kier alpha value is -3.39. The van der Waals surface area contributed by atoms with Gasteiger partial charge in [0.25, 0.3) is 5.91 Å². The van der Waals surface area contributed by atoms with Gasteiger partial charge in [-0.1, -0.05) is 11.6 Å². The van der Waals surface area contributed by atoms with E-state index in [1.807, 2.05) is 0 Å². The summed E-state index contributed by atoms with van der Waals surface area (Å²) in [4.78, 5) is 62.3. The smallest absolute Gasteiger partial charge is 0.481 e. The molecule has 15 heteroatoms. The lowest BCUT2D eigenvalue weighted by Crippen LogP contribution is -2.52. The lowest BCUT2D eigenvalue weighted by atomic mass is 9.85. The lowest BCUT2D eigenvalue weighted by molar-refractivity contribution is -0.192. The topological polar surface area (TPSA) is 148 Å². The van der Waals surface area contributed by atoms with E-state index in [0.29, 0.717) is 48.2 Å². The van der Waals surface area contributed by atoms with E-state index in [-0.39, 0.29) is 30.7 Å². The van der Waals surface area contributed by atoms with E-state index in [9.17, 15) is 37.5 Å². The molecular formula is C24H28ClF3N4O7. The number of hydrogen-bond acceptors (Lipinski definition) is 6. The average Bonchev–Trinajstić information content (AvgIpc) is 2.89. The number of urea groups is 1. The first-order valence-corrected chi connectivity index (χ1v) is 12.6. The Bertz CT molecular complexity index is 1120. The highest BCUT2D eigenvalue weighted by Crippen LogP contribution is 2.30. The monoisotopic (exact) mass is 576 g/mol. The Balaban J connectivity index is 0.000000532. The molecule has 1 aromatic rings. The number of carboxylic acid groups (broad SMARTS) is 2. The standard InChI is InChI=1S/C22H27ClN4O5.C2HF3O2/c23-17-6-3-15(13-18(17)27-8-7-19(28)24-22(27)32)20(29)26-11-9-25(10-12-26)16-4-1-14(2-5-16)21(30)31;3-2(4,5)1(6)7/h3,6,13-14,16H,1-2,4-5,7-12H2,(H,30,31)(H,24,28,32);(H,6,7). The summed E-state index contributed by atoms with van der Waals surface area (Å²) in [5, 5.41) is 18.9. The van der Waals surface area contributed by atoms with Crippen molar-refractivity contribution < 1.29 is 47.4 Å². The van der Waals surface area contributed by atoms with E-state index in [2.05, 4.69) is 10.2 Å². The normalized spacial score (nSPS) is 22.5. The summed E-state index contributed by atoms with van der Waals surface area (Å²) in [5.74, 6) is -4.13. The summed E-state index contributed by atoms with van der Waals surface area (Å²) in [6.45, 7) is 2.91. The van der Waals surface area contributed by atoms with Crippen molar-refractivity contribution in [2.75, 3.05) is 37.6 Å². The predicted molar refractivity (Wildman–Crippen MR) is 132 cm³/mol. The number of aliphatic carboxylic acids is 2. The molecule has 11 nitrogen and oxygen atoms in total. The minimum Gasteiger partial charge on any atom is -0.481 e. The van der Waals surface area contributed by atoms with Crippen molar-refractivity contribution in [3.05, 3.63) is 28.8 Å². The molecule has 214 valence electrons. The number of amides is 4. The summed E-state index contributed by atoms with van der Waals surface area (Å²) in [5.41, 5.74) is 0.862. The van der Waals surface area contributed by atoms with Gasteiger partial charge in [-0.2, -0.15) is 13.2 Å². The molecule has 3 aliphatic rings. The van der Waals surface area contributed by atoms with Crippen molar-refractivity contribution in [3.63, 3.8) is 0 Å². The predicted octanol–water partition coefficient (Wildman–Crippen LogP) is 2.82. The molecule has 39 heavy (non-hydrogen) atoms. The second-order valence-electron chi connectivity index (χ2n) is 9.40. The van der Waals surface area contributed by atoms with Gasteiger partial charge in [0.2, 0.25) is 5.91 Å². The molecule has 2 aliphatic heterocycles. The molecule has 0 spiro atoms. The van der Waals surface area contributed by atoms with Crippen LogP contribution in [0.1, 0.15) is 42.5 Å². The van der Waals surface area contributed by atoms with Gasteiger partial charge in [-0.3, -0.25) is 29.5 Å². The first kappa shape index (κ1) is 30.2. The van der Waals surface area contributed by atoms with Crippen molar-refractivity contribution in [1.29, 1.82) is 0 Å². The molecular weight excluding hydrogens is 549 g/mol. The van der Waals surface area contributed by atoms with E-state index in [1.165, 1.54) is 4.90 Å². The molecule has 1 aromatic carbocycles. The molecule has 1 aliphatic carbocycles. The number of nitrogens with zero attached hydrogens (tertiary/aromatic N) is 3. The van der Waals surface area contributed by atoms with Gasteiger partial charge in [0, 0.05) is 50.7 Å². The lowest BCUT2D eigenvalue weighted by Gasteiger charge is -2.41.